The molecule has 2 aromatic rings. The summed E-state index contributed by atoms with van der Waals surface area (Å²) < 4.78 is 38.6. The molecule has 146 valence electrons. The number of nitrogens with one attached hydrogen (secondary N) is 1. The van der Waals surface area contributed by atoms with Crippen molar-refractivity contribution in [3.05, 3.63) is 60.4 Å². The van der Waals surface area contributed by atoms with Crippen LogP contribution < -0.4 is 10.2 Å². The van der Waals surface area contributed by atoms with E-state index in [1.807, 2.05) is 37.4 Å². The van der Waals surface area contributed by atoms with Crippen LogP contribution in [0.1, 0.15) is 6.42 Å². The molecule has 0 aliphatic heterocycles. The molecule has 27 heavy (non-hydrogen) atoms. The Morgan fingerprint density at radius 1 is 1.04 bits per heavy atom. The number of carbonyl (C=O) groups excluding carboxylic acids is 1. The van der Waals surface area contributed by atoms with Crippen molar-refractivity contribution >= 4 is 21.6 Å². The second kappa shape index (κ2) is 9.48. The normalized spacial score (nSPS) is 11.4. The minimum Gasteiger partial charge on any atom is -0.375 e. The highest BCUT2D eigenvalue weighted by atomic mass is 32.2. The van der Waals surface area contributed by atoms with Crippen molar-refractivity contribution in [3.8, 4) is 0 Å². The van der Waals surface area contributed by atoms with Gasteiger partial charge < -0.3 is 10.2 Å². The lowest BCUT2D eigenvalue weighted by Crippen LogP contribution is -2.39. The predicted molar refractivity (Wildman–Crippen MR) is 104 cm³/mol. The fourth-order valence-corrected chi connectivity index (χ4v) is 3.61. The van der Waals surface area contributed by atoms with E-state index in [9.17, 15) is 17.6 Å². The molecule has 0 aliphatic rings. The first kappa shape index (κ1) is 20.9. The maximum Gasteiger partial charge on any atom is 0.243 e. The first-order valence-corrected chi connectivity index (χ1v) is 9.99. The van der Waals surface area contributed by atoms with Crippen LogP contribution in [-0.2, 0) is 14.8 Å². The predicted octanol–water partition coefficient (Wildman–Crippen LogP) is 2.09. The molecule has 2 rings (SSSR count). The minimum absolute atomic E-state index is 0.0521. The van der Waals surface area contributed by atoms with Crippen LogP contribution in [-0.4, -0.2) is 52.4 Å². The number of anilines is 1. The molecule has 0 heterocycles. The van der Waals surface area contributed by atoms with Gasteiger partial charge in [-0.3, -0.25) is 4.79 Å². The van der Waals surface area contributed by atoms with Gasteiger partial charge in [-0.1, -0.05) is 18.2 Å². The summed E-state index contributed by atoms with van der Waals surface area (Å²) in [6.45, 7) is 0.905. The van der Waals surface area contributed by atoms with Gasteiger partial charge >= 0.3 is 0 Å². The Bertz CT molecular complexity index is 842. The molecule has 0 saturated carbocycles. The quantitative estimate of drug-likeness (QED) is 0.663. The Morgan fingerprint density at radius 2 is 1.67 bits per heavy atom. The molecule has 0 bridgehead atoms. The monoisotopic (exact) mass is 393 g/mol. The molecule has 0 aliphatic carbocycles. The van der Waals surface area contributed by atoms with Gasteiger partial charge in [0.15, 0.2) is 0 Å². The number of benzene rings is 2. The van der Waals surface area contributed by atoms with E-state index in [0.29, 0.717) is 6.54 Å². The van der Waals surface area contributed by atoms with Crippen LogP contribution in [0, 0.1) is 5.82 Å². The SMILES string of the molecule is CN(CCCNC(=O)CN(C)S(=O)(=O)c1ccc(F)cc1)c1ccccc1. The summed E-state index contributed by atoms with van der Waals surface area (Å²) in [7, 11) is -0.540. The van der Waals surface area contributed by atoms with Crippen molar-refractivity contribution in [2.75, 3.05) is 38.6 Å². The summed E-state index contributed by atoms with van der Waals surface area (Å²) in [5.41, 5.74) is 1.09. The number of halogens is 1. The number of sulfonamides is 1. The Hall–Kier alpha value is -2.45. The van der Waals surface area contributed by atoms with Gasteiger partial charge in [0.05, 0.1) is 11.4 Å². The Morgan fingerprint density at radius 3 is 2.30 bits per heavy atom. The molecule has 0 radical (unpaired) electrons. The third-order valence-corrected chi connectivity index (χ3v) is 5.90. The summed E-state index contributed by atoms with van der Waals surface area (Å²) in [5, 5.41) is 2.72. The number of para-hydroxylation sites is 1. The van der Waals surface area contributed by atoms with E-state index < -0.39 is 15.8 Å². The maximum absolute atomic E-state index is 12.9. The molecule has 2 aromatic carbocycles. The second-order valence-electron chi connectivity index (χ2n) is 6.18. The van der Waals surface area contributed by atoms with E-state index in [2.05, 4.69) is 10.2 Å². The van der Waals surface area contributed by atoms with Gasteiger partial charge in [0.2, 0.25) is 15.9 Å². The second-order valence-corrected chi connectivity index (χ2v) is 8.22. The molecular formula is C19H24FN3O3S. The number of amides is 1. The maximum atomic E-state index is 12.9. The summed E-state index contributed by atoms with van der Waals surface area (Å²) >= 11 is 0. The van der Waals surface area contributed by atoms with E-state index in [4.69, 9.17) is 0 Å². The lowest BCUT2D eigenvalue weighted by atomic mass is 10.3. The number of hydrogen-bond acceptors (Lipinski definition) is 4. The fraction of sp³-hybridized carbons (Fsp3) is 0.316. The van der Waals surface area contributed by atoms with Crippen LogP contribution in [0.25, 0.3) is 0 Å². The number of likely N-dealkylation sites (N-methyl/N-ethyl adjacent to an activating group) is 1. The van der Waals surface area contributed by atoms with Crippen molar-refractivity contribution in [1.82, 2.24) is 9.62 Å². The molecule has 1 amide bonds. The van der Waals surface area contributed by atoms with E-state index in [0.717, 1.165) is 35.1 Å². The van der Waals surface area contributed by atoms with Gasteiger partial charge in [0.25, 0.3) is 0 Å². The first-order valence-electron chi connectivity index (χ1n) is 8.55. The molecule has 6 nitrogen and oxygen atoms in total. The van der Waals surface area contributed by atoms with Gasteiger partial charge in [-0.15, -0.1) is 0 Å². The Balaban J connectivity index is 1.77. The standard InChI is InChI=1S/C19H24FN3O3S/c1-22(17-7-4-3-5-8-17)14-6-13-21-19(24)15-23(2)27(25,26)18-11-9-16(20)10-12-18/h3-5,7-12H,6,13-15H2,1-2H3,(H,21,24). The average molecular weight is 393 g/mol. The smallest absolute Gasteiger partial charge is 0.243 e. The van der Waals surface area contributed by atoms with Gasteiger partial charge in [-0.05, 0) is 42.8 Å². The fourth-order valence-electron chi connectivity index (χ4n) is 2.49. The highest BCUT2D eigenvalue weighted by Crippen LogP contribution is 2.14. The van der Waals surface area contributed by atoms with Gasteiger partial charge in [-0.2, -0.15) is 4.31 Å². The van der Waals surface area contributed by atoms with Crippen molar-refractivity contribution in [1.29, 1.82) is 0 Å². The highest BCUT2D eigenvalue weighted by Gasteiger charge is 2.22. The molecule has 0 spiro atoms. The average Bonchev–Trinajstić information content (AvgIpc) is 2.66. The van der Waals surface area contributed by atoms with Crippen LogP contribution in [0.5, 0.6) is 0 Å². The lowest BCUT2D eigenvalue weighted by molar-refractivity contribution is -0.121. The van der Waals surface area contributed by atoms with Crippen molar-refractivity contribution in [2.24, 2.45) is 0 Å². The zero-order valence-corrected chi connectivity index (χ0v) is 16.2. The molecule has 0 aromatic heterocycles. The van der Waals surface area contributed by atoms with Crippen LogP contribution >= 0.6 is 0 Å². The van der Waals surface area contributed by atoms with Crippen molar-refractivity contribution < 1.29 is 17.6 Å². The summed E-state index contributed by atoms with van der Waals surface area (Å²) in [6.07, 6.45) is 0.728. The van der Waals surface area contributed by atoms with E-state index in [1.54, 1.807) is 0 Å². The van der Waals surface area contributed by atoms with Crippen molar-refractivity contribution in [3.63, 3.8) is 0 Å². The number of nitrogens with zero attached hydrogens (tertiary/aromatic N) is 2. The van der Waals surface area contributed by atoms with Crippen LogP contribution in [0.2, 0.25) is 0 Å². The number of rotatable bonds is 9. The highest BCUT2D eigenvalue weighted by molar-refractivity contribution is 7.89. The molecule has 1 N–H and O–H groups in total. The van der Waals surface area contributed by atoms with E-state index in [1.165, 1.54) is 19.2 Å². The zero-order chi connectivity index (χ0) is 19.9. The summed E-state index contributed by atoms with van der Waals surface area (Å²) in [4.78, 5) is 14.0. The first-order chi connectivity index (χ1) is 12.8. The molecule has 0 unspecified atom stereocenters. The van der Waals surface area contributed by atoms with Gasteiger partial charge in [0, 0.05) is 32.9 Å². The van der Waals surface area contributed by atoms with Crippen LogP contribution in [0.4, 0.5) is 10.1 Å². The van der Waals surface area contributed by atoms with Crippen molar-refractivity contribution in [2.45, 2.75) is 11.3 Å². The number of carbonyl (C=O) groups is 1. The molecular weight excluding hydrogens is 369 g/mol. The third-order valence-electron chi connectivity index (χ3n) is 4.08. The van der Waals surface area contributed by atoms with Crippen LogP contribution in [0.15, 0.2) is 59.5 Å². The summed E-state index contributed by atoms with van der Waals surface area (Å²) in [6, 6.07) is 14.4. The minimum atomic E-state index is -3.83. The topological polar surface area (TPSA) is 69.7 Å². The van der Waals surface area contributed by atoms with Gasteiger partial charge in [-0.25, -0.2) is 12.8 Å². The summed E-state index contributed by atoms with van der Waals surface area (Å²) in [5.74, 6) is -0.902. The molecule has 0 atom stereocenters. The number of hydrogen-bond donors (Lipinski definition) is 1. The molecule has 0 fully saturated rings. The Labute approximate surface area is 159 Å². The van der Waals surface area contributed by atoms with Gasteiger partial charge in [0.1, 0.15) is 5.82 Å². The molecule has 0 saturated heterocycles. The lowest BCUT2D eigenvalue weighted by Gasteiger charge is -2.20. The molecule has 8 heteroatoms. The van der Waals surface area contributed by atoms with E-state index >= 15 is 0 Å². The van der Waals surface area contributed by atoms with E-state index in [-0.39, 0.29) is 17.3 Å². The third kappa shape index (κ3) is 6.04. The largest absolute Gasteiger partial charge is 0.375 e. The van der Waals surface area contributed by atoms with Crippen LogP contribution in [0.3, 0.4) is 0 Å². The zero-order valence-electron chi connectivity index (χ0n) is 15.4. The Kier molecular flexibility index (Phi) is 7.32.